The molecular formula is C33H29ClFN3O4. The van der Waals surface area contributed by atoms with Crippen molar-refractivity contribution in [3.05, 3.63) is 112 Å². The average Bonchev–Trinajstić information content (AvgIpc) is 3.64. The second-order valence-corrected chi connectivity index (χ2v) is 10.8. The topological polar surface area (TPSA) is 75.5 Å². The molecule has 0 bridgehead atoms. The smallest absolute Gasteiger partial charge is 0.337 e. The van der Waals surface area contributed by atoms with E-state index >= 15 is 0 Å². The van der Waals surface area contributed by atoms with Gasteiger partial charge in [0.1, 0.15) is 18.2 Å². The van der Waals surface area contributed by atoms with Crippen molar-refractivity contribution < 1.29 is 23.4 Å². The number of ether oxygens (including phenoxy) is 3. The number of halogens is 2. The molecule has 0 unspecified atom stereocenters. The maximum Gasteiger partial charge on any atom is 0.337 e. The van der Waals surface area contributed by atoms with Crippen molar-refractivity contribution in [2.75, 3.05) is 20.3 Å². The zero-order chi connectivity index (χ0) is 29.1. The van der Waals surface area contributed by atoms with Crippen LogP contribution in [0.5, 0.6) is 5.88 Å². The van der Waals surface area contributed by atoms with Crippen LogP contribution < -0.4 is 4.74 Å². The lowest BCUT2D eigenvalue weighted by molar-refractivity contribution is 0.0601. The quantitative estimate of drug-likeness (QED) is 0.175. The van der Waals surface area contributed by atoms with E-state index in [0.29, 0.717) is 34.4 Å². The van der Waals surface area contributed by atoms with E-state index in [9.17, 15) is 9.18 Å². The minimum absolute atomic E-state index is 0.0491. The summed E-state index contributed by atoms with van der Waals surface area (Å²) in [5, 5.41) is 0.341. The lowest BCUT2D eigenvalue weighted by Gasteiger charge is -2.14. The Labute approximate surface area is 247 Å². The van der Waals surface area contributed by atoms with Gasteiger partial charge in [0.15, 0.2) is 0 Å². The van der Waals surface area contributed by atoms with Gasteiger partial charge < -0.3 is 18.8 Å². The number of methoxy groups -OCH3 is 1. The molecule has 1 aliphatic rings. The predicted octanol–water partition coefficient (Wildman–Crippen LogP) is 6.88. The van der Waals surface area contributed by atoms with Crippen molar-refractivity contribution >= 4 is 28.6 Å². The number of imidazole rings is 1. The van der Waals surface area contributed by atoms with E-state index < -0.39 is 5.82 Å². The maximum absolute atomic E-state index is 14.1. The normalized spacial score (nSPS) is 14.8. The highest BCUT2D eigenvalue weighted by Crippen LogP contribution is 2.26. The molecule has 6 rings (SSSR count). The van der Waals surface area contributed by atoms with Gasteiger partial charge in [0.05, 0.1) is 36.0 Å². The highest BCUT2D eigenvalue weighted by atomic mass is 35.5. The third kappa shape index (κ3) is 6.15. The Balaban J connectivity index is 1.21. The van der Waals surface area contributed by atoms with Crippen molar-refractivity contribution in [3.8, 4) is 17.1 Å². The number of carbonyl (C=O) groups is 1. The third-order valence-corrected chi connectivity index (χ3v) is 7.67. The fourth-order valence-corrected chi connectivity index (χ4v) is 5.32. The van der Waals surface area contributed by atoms with Gasteiger partial charge in [-0.1, -0.05) is 48.0 Å². The van der Waals surface area contributed by atoms with E-state index in [0.717, 1.165) is 59.9 Å². The molecule has 214 valence electrons. The molecule has 1 aliphatic heterocycles. The molecule has 1 fully saturated rings. The van der Waals surface area contributed by atoms with Gasteiger partial charge in [-0.15, -0.1) is 0 Å². The highest BCUT2D eigenvalue weighted by Gasteiger charge is 2.21. The molecule has 5 aromatic rings. The molecule has 1 atom stereocenters. The van der Waals surface area contributed by atoms with Gasteiger partial charge in [0.25, 0.3) is 0 Å². The van der Waals surface area contributed by atoms with Crippen molar-refractivity contribution in [3.63, 3.8) is 0 Å². The first-order valence-corrected chi connectivity index (χ1v) is 14.1. The van der Waals surface area contributed by atoms with Crippen LogP contribution in [0.15, 0.2) is 78.9 Å². The van der Waals surface area contributed by atoms with Crippen molar-refractivity contribution in [1.29, 1.82) is 0 Å². The summed E-state index contributed by atoms with van der Waals surface area (Å²) >= 11 is 5.84. The zero-order valence-electron chi connectivity index (χ0n) is 23.1. The molecule has 0 radical (unpaired) electrons. The standard InChI is InChI=1S/C33H29ClFN3O4/c1-40-33(39)24-10-12-29-30(16-24)38(18-22-13-14-41-19-22)31(36-29)15-21-5-7-23(8-6-21)28-3-2-4-32(37-28)42-20-25-9-11-26(34)17-27(25)35/h2-12,16-17,22H,13-15,18-20H2,1H3/t22-/m0/s1. The zero-order valence-corrected chi connectivity index (χ0v) is 23.8. The summed E-state index contributed by atoms with van der Waals surface area (Å²) in [7, 11) is 1.39. The molecule has 9 heteroatoms. The number of esters is 1. The molecule has 0 aliphatic carbocycles. The van der Waals surface area contributed by atoms with E-state index in [1.54, 1.807) is 24.3 Å². The van der Waals surface area contributed by atoms with Gasteiger partial charge in [0.2, 0.25) is 5.88 Å². The minimum atomic E-state index is -0.414. The van der Waals surface area contributed by atoms with Gasteiger partial charge in [-0.05, 0) is 48.4 Å². The molecule has 0 saturated carbocycles. The molecule has 1 saturated heterocycles. The first-order chi connectivity index (χ1) is 20.5. The molecule has 0 spiro atoms. The van der Waals surface area contributed by atoms with Gasteiger partial charge in [-0.3, -0.25) is 0 Å². The highest BCUT2D eigenvalue weighted by molar-refractivity contribution is 6.30. The summed E-state index contributed by atoms with van der Waals surface area (Å²) in [6.07, 6.45) is 1.62. The summed E-state index contributed by atoms with van der Waals surface area (Å²) in [5.74, 6) is 0.938. The molecule has 0 N–H and O–H groups in total. The number of pyridine rings is 1. The van der Waals surface area contributed by atoms with Crippen LogP contribution in [-0.4, -0.2) is 40.8 Å². The van der Waals surface area contributed by atoms with E-state index in [-0.39, 0.29) is 12.6 Å². The molecule has 42 heavy (non-hydrogen) atoms. The van der Waals surface area contributed by atoms with Crippen LogP contribution in [0.4, 0.5) is 4.39 Å². The Morgan fingerprint density at radius 1 is 1.07 bits per heavy atom. The van der Waals surface area contributed by atoms with Crippen LogP contribution in [0.3, 0.4) is 0 Å². The predicted molar refractivity (Wildman–Crippen MR) is 158 cm³/mol. The fourth-order valence-electron chi connectivity index (χ4n) is 5.16. The molecule has 0 amide bonds. The van der Waals surface area contributed by atoms with Gasteiger partial charge in [-0.2, -0.15) is 0 Å². The summed E-state index contributed by atoms with van der Waals surface area (Å²) in [5.41, 5.74) is 5.44. The first-order valence-electron chi connectivity index (χ1n) is 13.7. The van der Waals surface area contributed by atoms with Gasteiger partial charge >= 0.3 is 5.97 Å². The largest absolute Gasteiger partial charge is 0.473 e. The number of carbonyl (C=O) groups excluding carboxylic acids is 1. The summed E-state index contributed by atoms with van der Waals surface area (Å²) in [4.78, 5) is 21.7. The van der Waals surface area contributed by atoms with E-state index in [4.69, 9.17) is 30.8 Å². The van der Waals surface area contributed by atoms with Crippen LogP contribution in [0.1, 0.15) is 33.7 Å². The van der Waals surface area contributed by atoms with E-state index in [2.05, 4.69) is 21.7 Å². The summed E-state index contributed by atoms with van der Waals surface area (Å²) in [6, 6.07) is 23.7. The lowest BCUT2D eigenvalue weighted by atomic mass is 10.1. The van der Waals surface area contributed by atoms with Crippen LogP contribution >= 0.6 is 11.6 Å². The van der Waals surface area contributed by atoms with Gasteiger partial charge in [-0.25, -0.2) is 19.2 Å². The van der Waals surface area contributed by atoms with Crippen molar-refractivity contribution in [2.24, 2.45) is 5.92 Å². The van der Waals surface area contributed by atoms with E-state index in [1.165, 1.54) is 13.2 Å². The average molecular weight is 586 g/mol. The third-order valence-electron chi connectivity index (χ3n) is 7.44. The Morgan fingerprint density at radius 3 is 2.69 bits per heavy atom. The number of benzene rings is 3. The molecular weight excluding hydrogens is 557 g/mol. The molecule has 3 aromatic carbocycles. The van der Waals surface area contributed by atoms with E-state index in [1.807, 2.05) is 36.4 Å². The number of hydrogen-bond donors (Lipinski definition) is 0. The number of rotatable bonds is 9. The number of fused-ring (bicyclic) bond motifs is 1. The molecule has 7 nitrogen and oxygen atoms in total. The second-order valence-electron chi connectivity index (χ2n) is 10.3. The van der Waals surface area contributed by atoms with Gasteiger partial charge in [0, 0.05) is 47.7 Å². The first kappa shape index (κ1) is 27.9. The monoisotopic (exact) mass is 585 g/mol. The Bertz CT molecular complexity index is 1730. The summed E-state index contributed by atoms with van der Waals surface area (Å²) in [6.45, 7) is 2.30. The lowest BCUT2D eigenvalue weighted by Crippen LogP contribution is -2.14. The van der Waals surface area contributed by atoms with Crippen LogP contribution in [0.25, 0.3) is 22.3 Å². The minimum Gasteiger partial charge on any atom is -0.473 e. The Morgan fingerprint density at radius 2 is 1.93 bits per heavy atom. The number of aromatic nitrogens is 3. The molecule has 3 heterocycles. The number of hydrogen-bond acceptors (Lipinski definition) is 6. The summed E-state index contributed by atoms with van der Waals surface area (Å²) < 4.78 is 32.7. The molecule has 2 aromatic heterocycles. The Hall–Kier alpha value is -4.27. The fraction of sp³-hybridized carbons (Fsp3) is 0.242. The maximum atomic E-state index is 14.1. The number of nitrogens with zero attached hydrogens (tertiary/aromatic N) is 3. The van der Waals surface area contributed by atoms with Crippen molar-refractivity contribution in [1.82, 2.24) is 14.5 Å². The second kappa shape index (κ2) is 12.3. The Kier molecular flexibility index (Phi) is 8.17. The van der Waals surface area contributed by atoms with Crippen LogP contribution in [0, 0.1) is 11.7 Å². The SMILES string of the molecule is COC(=O)c1ccc2nc(Cc3ccc(-c4cccc(OCc5ccc(Cl)cc5F)n4)cc3)n(C[C@@H]3CCOC3)c2c1. The van der Waals surface area contributed by atoms with Crippen LogP contribution in [0.2, 0.25) is 5.02 Å². The van der Waals surface area contributed by atoms with Crippen LogP contribution in [-0.2, 0) is 29.0 Å². The van der Waals surface area contributed by atoms with Crippen molar-refractivity contribution in [2.45, 2.75) is 26.0 Å².